The van der Waals surface area contributed by atoms with E-state index in [0.29, 0.717) is 16.2 Å². The van der Waals surface area contributed by atoms with E-state index in [9.17, 15) is 57.5 Å². The summed E-state index contributed by atoms with van der Waals surface area (Å²) in [5, 5.41) is 7.92. The van der Waals surface area contributed by atoms with Crippen molar-refractivity contribution in [1.29, 1.82) is 0 Å². The predicted molar refractivity (Wildman–Crippen MR) is 253 cm³/mol. The van der Waals surface area contributed by atoms with E-state index in [0.717, 1.165) is 42.7 Å². The second kappa shape index (κ2) is 30.0. The number of amides is 7. The molecule has 0 radical (unpaired) electrons. The molecule has 6 N–H and O–H groups in total. The van der Waals surface area contributed by atoms with E-state index in [2.05, 4.69) is 21.7 Å². The Morgan fingerprint density at radius 1 is 0.630 bits per heavy atom. The Bertz CT molecular complexity index is 2320. The number of nitrogens with one attached hydrogen (secondary N) is 3. The number of nitrogens with zero attached hydrogens (tertiary/aromatic N) is 2. The van der Waals surface area contributed by atoms with Crippen molar-refractivity contribution in [1.82, 2.24) is 20.4 Å². The molecule has 3 aliphatic heterocycles. The number of fused-ring (bicyclic) bond motifs is 1. The maximum Gasteiger partial charge on any atom is 0.373 e. The fourth-order valence-electron chi connectivity index (χ4n) is 7.94. The van der Waals surface area contributed by atoms with Crippen LogP contribution < -0.4 is 26.4 Å². The van der Waals surface area contributed by atoms with Gasteiger partial charge in [-0.1, -0.05) is 33.3 Å². The highest BCUT2D eigenvalue weighted by atomic mass is 16.5. The molecule has 4 rings (SSSR count). The van der Waals surface area contributed by atoms with Crippen molar-refractivity contribution in [2.24, 2.45) is 11.8 Å². The number of rotatable bonds is 6. The summed E-state index contributed by atoms with van der Waals surface area (Å²) in [7, 11) is 0. The number of anilines is 1. The molecule has 1 aromatic rings. The number of carbonyl (C=O) groups excluding carboxylic acids is 14. The van der Waals surface area contributed by atoms with Gasteiger partial charge in [0.1, 0.15) is 12.1 Å². The van der Waals surface area contributed by atoms with Gasteiger partial charge in [-0.25, -0.2) is 0 Å². The molecule has 73 heavy (non-hydrogen) atoms. The van der Waals surface area contributed by atoms with Crippen LogP contribution in [0.3, 0.4) is 0 Å². The third-order valence-corrected chi connectivity index (χ3v) is 11.9. The van der Waals surface area contributed by atoms with Gasteiger partial charge >= 0.3 is 12.1 Å². The Morgan fingerprint density at radius 2 is 1.07 bits per heavy atom. The fraction of sp³-hybridized carbons (Fsp3) is 0.540. The molecular formula is C50H65N6O17+. The molecule has 396 valence electrons. The molecule has 23 heteroatoms. The highest BCUT2D eigenvalue weighted by molar-refractivity contribution is 6.19. The van der Waals surface area contributed by atoms with Crippen LogP contribution in [0, 0.1) is 11.8 Å². The van der Waals surface area contributed by atoms with Gasteiger partial charge in [-0.15, -0.1) is 0 Å². The number of hydrogen-bond donors (Lipinski definition) is 4. The number of esters is 1. The second-order valence-corrected chi connectivity index (χ2v) is 17.9. The van der Waals surface area contributed by atoms with Gasteiger partial charge < -0.3 is 35.9 Å². The van der Waals surface area contributed by atoms with Crippen LogP contribution >= 0.6 is 0 Å². The van der Waals surface area contributed by atoms with Gasteiger partial charge in [0.05, 0.1) is 42.9 Å². The molecule has 23 nitrogen and oxygen atoms in total. The topological polar surface area (TPSA) is 337 Å². The summed E-state index contributed by atoms with van der Waals surface area (Å²) in [4.78, 5) is 176. The number of Topliss-reactive ketones (excluding diaryl/α,β-unsaturated/α-hetero) is 4. The number of hydrogen-bond acceptors (Lipinski definition) is 17. The normalized spacial score (nSPS) is 25.1. The van der Waals surface area contributed by atoms with Gasteiger partial charge in [0.25, 0.3) is 23.6 Å². The Hall–Kier alpha value is -7.20. The first-order valence-electron chi connectivity index (χ1n) is 24.1. The second-order valence-electron chi connectivity index (χ2n) is 17.9. The Kier molecular flexibility index (Phi) is 24.7. The van der Waals surface area contributed by atoms with Crippen molar-refractivity contribution >= 4 is 82.3 Å². The standard InChI is InChI=1S/C49H64N6O15.CO2/c1-6-9-33(50)26-32-12-13-39-34(27-32)53-48(66)28(2)24-37(58)30(4)51-40(60)18-22-68-20-7-10-35(56)46(54-42(62)14-15-43(54)63)47(55-44(64)16-17-45(55)65)36(57)11-8-21-69-23-19-41(61)52-31(5)38(59)25-29(3)49(67)70-39;2-1-3/h12-17,27-31,33,46-47H,6-11,18-26,50H2,1-5H3,(H,51,60)(H,52,61)(H,53,66);/p+1. The predicted octanol–water partition coefficient (Wildman–Crippen LogP) is 0.213. The minimum Gasteiger partial charge on any atom is -0.424 e. The van der Waals surface area contributed by atoms with Gasteiger partial charge in [-0.3, -0.25) is 67.3 Å². The van der Waals surface area contributed by atoms with Crippen LogP contribution in [-0.2, 0) is 83.0 Å². The van der Waals surface area contributed by atoms with Crippen LogP contribution in [0.1, 0.15) is 104 Å². The lowest BCUT2D eigenvalue weighted by molar-refractivity contribution is -0.420. The van der Waals surface area contributed by atoms with Crippen molar-refractivity contribution < 1.29 is 87.1 Å². The summed E-state index contributed by atoms with van der Waals surface area (Å²) in [6, 6.07) is -0.754. The van der Waals surface area contributed by atoms with E-state index in [1.54, 1.807) is 12.1 Å². The molecule has 7 amide bonds. The molecule has 0 saturated carbocycles. The molecule has 0 aromatic heterocycles. The van der Waals surface area contributed by atoms with Gasteiger partial charge in [-0.2, -0.15) is 9.59 Å². The number of imide groups is 2. The zero-order valence-corrected chi connectivity index (χ0v) is 41.7. The SMILES string of the molecule is CCCC([NH3+])Cc1ccc2c(c1)NC(=O)C(C)CC(=O)C(C)NC(=O)CCOCCCC(=O)C(N1C(=O)C=CC1=O)C(N1C(=O)C=CC1=O)C(=O)CCCOCCC(=O)NC(C)C(=O)CC(C)C(=O)O2.O=C=O. The lowest BCUT2D eigenvalue weighted by Crippen LogP contribution is -2.61. The van der Waals surface area contributed by atoms with Crippen LogP contribution in [-0.4, -0.2) is 143 Å². The summed E-state index contributed by atoms with van der Waals surface area (Å²) in [5.41, 5.74) is 5.17. The van der Waals surface area contributed by atoms with Crippen molar-refractivity contribution in [3.63, 3.8) is 0 Å². The van der Waals surface area contributed by atoms with Crippen molar-refractivity contribution in [3.8, 4) is 5.75 Å². The maximum atomic E-state index is 13.9. The molecule has 0 aliphatic carbocycles. The fourth-order valence-corrected chi connectivity index (χ4v) is 7.94. The zero-order chi connectivity index (χ0) is 54.4. The average Bonchev–Trinajstić information content (AvgIpc) is 3.84. The van der Waals surface area contributed by atoms with E-state index in [1.165, 1.54) is 33.8 Å². The quantitative estimate of drug-likeness (QED) is 0.168. The lowest BCUT2D eigenvalue weighted by Gasteiger charge is -2.35. The van der Waals surface area contributed by atoms with E-state index in [1.807, 2.05) is 6.92 Å². The summed E-state index contributed by atoms with van der Waals surface area (Å²) >= 11 is 0. The molecule has 0 bridgehead atoms. The lowest BCUT2D eigenvalue weighted by atomic mass is 9.91. The number of quaternary nitrogens is 1. The largest absolute Gasteiger partial charge is 0.424 e. The monoisotopic (exact) mass is 1020 g/mol. The Morgan fingerprint density at radius 3 is 1.51 bits per heavy atom. The molecule has 0 spiro atoms. The zero-order valence-electron chi connectivity index (χ0n) is 41.7. The minimum absolute atomic E-state index is 0.0130. The van der Waals surface area contributed by atoms with Crippen molar-refractivity contribution in [2.75, 3.05) is 31.7 Å². The number of ketones is 4. The smallest absolute Gasteiger partial charge is 0.373 e. The summed E-state index contributed by atoms with van der Waals surface area (Å²) in [6.07, 6.45) is 4.42. The third kappa shape index (κ3) is 18.7. The summed E-state index contributed by atoms with van der Waals surface area (Å²) < 4.78 is 16.8. The van der Waals surface area contributed by atoms with Crippen molar-refractivity contribution in [2.45, 2.75) is 135 Å². The Balaban J connectivity index is 0.00000457. The third-order valence-electron chi connectivity index (χ3n) is 11.9. The van der Waals surface area contributed by atoms with E-state index < -0.39 is 106 Å². The molecular weight excluding hydrogens is 957 g/mol. The van der Waals surface area contributed by atoms with E-state index in [4.69, 9.17) is 23.8 Å². The van der Waals surface area contributed by atoms with Crippen LogP contribution in [0.25, 0.3) is 0 Å². The molecule has 3 aliphatic rings. The molecule has 0 fully saturated rings. The minimum atomic E-state index is -1.88. The summed E-state index contributed by atoms with van der Waals surface area (Å²) in [6.45, 7) is 7.48. The van der Waals surface area contributed by atoms with Crippen molar-refractivity contribution in [3.05, 3.63) is 48.1 Å². The van der Waals surface area contributed by atoms with Gasteiger partial charge in [-0.05, 0) is 50.8 Å². The summed E-state index contributed by atoms with van der Waals surface area (Å²) in [5.74, 6) is -10.6. The van der Waals surface area contributed by atoms with Gasteiger partial charge in [0.15, 0.2) is 28.9 Å². The maximum absolute atomic E-state index is 13.9. The van der Waals surface area contributed by atoms with Crippen LogP contribution in [0.4, 0.5) is 5.69 Å². The van der Waals surface area contributed by atoms with Gasteiger partial charge in [0.2, 0.25) is 17.7 Å². The molecule has 1 aromatic carbocycles. The van der Waals surface area contributed by atoms with Crippen LogP contribution in [0.2, 0.25) is 0 Å². The van der Waals surface area contributed by atoms with E-state index in [-0.39, 0.29) is 101 Å². The molecule has 0 saturated heterocycles. The first kappa shape index (κ1) is 60.1. The molecule has 7 unspecified atom stereocenters. The first-order chi connectivity index (χ1) is 34.6. The number of carbonyl (C=O) groups is 12. The molecule has 7 atom stereocenters. The highest BCUT2D eigenvalue weighted by Gasteiger charge is 2.49. The van der Waals surface area contributed by atoms with Gasteiger partial charge in [0, 0.05) is 88.4 Å². The number of benzene rings is 1. The average molecular weight is 1020 g/mol. The van der Waals surface area contributed by atoms with Crippen LogP contribution in [0.5, 0.6) is 5.75 Å². The van der Waals surface area contributed by atoms with Crippen LogP contribution in [0.15, 0.2) is 42.5 Å². The number of ether oxygens (including phenoxy) is 3. The Labute approximate surface area is 421 Å². The molecule has 3 heterocycles. The highest BCUT2D eigenvalue weighted by Crippen LogP contribution is 2.29. The van der Waals surface area contributed by atoms with E-state index >= 15 is 0 Å². The first-order valence-corrected chi connectivity index (χ1v) is 24.1.